The second-order valence-corrected chi connectivity index (χ2v) is 7.38. The SMILES string of the molecule is COCCn1c(NC(=O)Cc2ccc(Oc3ncccc3C(N)=O)c(F)c2)nc2ccccc21. The second kappa shape index (κ2) is 10.1. The molecule has 174 valence electrons. The van der Waals surface area contributed by atoms with Crippen molar-refractivity contribution in [1.29, 1.82) is 0 Å². The number of pyridine rings is 1. The molecule has 0 saturated heterocycles. The van der Waals surface area contributed by atoms with Crippen molar-refractivity contribution in [2.24, 2.45) is 5.73 Å². The van der Waals surface area contributed by atoms with Crippen LogP contribution in [0.15, 0.2) is 60.8 Å². The van der Waals surface area contributed by atoms with Crippen LogP contribution in [0, 0.1) is 5.82 Å². The van der Waals surface area contributed by atoms with E-state index in [1.807, 2.05) is 28.8 Å². The highest BCUT2D eigenvalue weighted by Crippen LogP contribution is 2.26. The van der Waals surface area contributed by atoms with Gasteiger partial charge in [0.1, 0.15) is 5.56 Å². The van der Waals surface area contributed by atoms with E-state index in [-0.39, 0.29) is 29.5 Å². The maximum absolute atomic E-state index is 14.7. The number of primary amides is 1. The number of ether oxygens (including phenoxy) is 2. The van der Waals surface area contributed by atoms with Crippen LogP contribution in [-0.4, -0.2) is 40.1 Å². The quantitative estimate of drug-likeness (QED) is 0.393. The zero-order chi connectivity index (χ0) is 24.1. The lowest BCUT2D eigenvalue weighted by Gasteiger charge is -2.11. The van der Waals surface area contributed by atoms with E-state index in [2.05, 4.69) is 15.3 Å². The molecule has 2 aromatic carbocycles. The number of nitrogens with two attached hydrogens (primary N) is 1. The first-order chi connectivity index (χ1) is 16.5. The Bertz CT molecular complexity index is 1350. The maximum Gasteiger partial charge on any atom is 0.254 e. The van der Waals surface area contributed by atoms with Crippen LogP contribution < -0.4 is 15.8 Å². The number of halogens is 1. The lowest BCUT2D eigenvalue weighted by Crippen LogP contribution is -2.19. The number of para-hydroxylation sites is 2. The van der Waals surface area contributed by atoms with E-state index in [1.54, 1.807) is 13.2 Å². The predicted molar refractivity (Wildman–Crippen MR) is 123 cm³/mol. The number of aromatic nitrogens is 3. The van der Waals surface area contributed by atoms with Gasteiger partial charge in [0.15, 0.2) is 11.6 Å². The Morgan fingerprint density at radius 1 is 1.15 bits per heavy atom. The van der Waals surface area contributed by atoms with Crippen LogP contribution in [0.4, 0.5) is 10.3 Å². The number of imidazole rings is 1. The molecule has 0 radical (unpaired) electrons. The van der Waals surface area contributed by atoms with Crippen LogP contribution in [0.5, 0.6) is 11.6 Å². The van der Waals surface area contributed by atoms with E-state index in [4.69, 9.17) is 15.2 Å². The fourth-order valence-corrected chi connectivity index (χ4v) is 3.44. The molecule has 2 aromatic heterocycles. The molecule has 0 atom stereocenters. The van der Waals surface area contributed by atoms with Crippen LogP contribution in [0.25, 0.3) is 11.0 Å². The number of methoxy groups -OCH3 is 1. The molecule has 0 fully saturated rings. The van der Waals surface area contributed by atoms with Gasteiger partial charge >= 0.3 is 0 Å². The number of hydrogen-bond acceptors (Lipinski definition) is 6. The summed E-state index contributed by atoms with van der Waals surface area (Å²) in [5.41, 5.74) is 7.37. The summed E-state index contributed by atoms with van der Waals surface area (Å²) in [6.07, 6.45) is 1.32. The average Bonchev–Trinajstić information content (AvgIpc) is 3.16. The molecule has 0 aliphatic heterocycles. The number of rotatable bonds is 9. The van der Waals surface area contributed by atoms with Gasteiger partial charge in [0, 0.05) is 19.9 Å². The number of carbonyl (C=O) groups is 2. The lowest BCUT2D eigenvalue weighted by atomic mass is 10.1. The van der Waals surface area contributed by atoms with Crippen LogP contribution in [0.1, 0.15) is 15.9 Å². The number of nitrogens with one attached hydrogen (secondary N) is 1. The van der Waals surface area contributed by atoms with Crippen molar-refractivity contribution in [3.05, 3.63) is 77.7 Å². The van der Waals surface area contributed by atoms with Gasteiger partial charge in [-0.15, -0.1) is 0 Å². The number of carbonyl (C=O) groups excluding carboxylic acids is 2. The number of hydrogen-bond donors (Lipinski definition) is 2. The number of anilines is 1. The van der Waals surface area contributed by atoms with Crippen LogP contribution >= 0.6 is 0 Å². The van der Waals surface area contributed by atoms with Crippen LogP contribution in [0.3, 0.4) is 0 Å². The van der Waals surface area contributed by atoms with Crippen molar-refractivity contribution in [1.82, 2.24) is 14.5 Å². The molecule has 0 bridgehead atoms. The Hall–Kier alpha value is -4.31. The molecule has 4 aromatic rings. The summed E-state index contributed by atoms with van der Waals surface area (Å²) in [5, 5.41) is 2.79. The molecule has 0 saturated carbocycles. The summed E-state index contributed by atoms with van der Waals surface area (Å²) < 4.78 is 27.1. The predicted octanol–water partition coefficient (Wildman–Crippen LogP) is 3.29. The molecule has 10 heteroatoms. The fourth-order valence-electron chi connectivity index (χ4n) is 3.44. The molecule has 2 heterocycles. The van der Waals surface area contributed by atoms with Crippen molar-refractivity contribution >= 4 is 28.8 Å². The third-order valence-electron chi connectivity index (χ3n) is 5.03. The smallest absolute Gasteiger partial charge is 0.254 e. The highest BCUT2D eigenvalue weighted by Gasteiger charge is 2.16. The first kappa shape index (κ1) is 22.9. The van der Waals surface area contributed by atoms with E-state index >= 15 is 0 Å². The summed E-state index contributed by atoms with van der Waals surface area (Å²) in [7, 11) is 1.60. The number of benzene rings is 2. The third-order valence-corrected chi connectivity index (χ3v) is 5.03. The molecule has 0 aliphatic carbocycles. The van der Waals surface area contributed by atoms with Gasteiger partial charge in [-0.2, -0.15) is 0 Å². The maximum atomic E-state index is 14.7. The van der Waals surface area contributed by atoms with Crippen molar-refractivity contribution in [2.45, 2.75) is 13.0 Å². The number of amides is 2. The van der Waals surface area contributed by atoms with E-state index in [0.29, 0.717) is 24.7 Å². The van der Waals surface area contributed by atoms with Gasteiger partial charge in [-0.25, -0.2) is 14.4 Å². The topological polar surface area (TPSA) is 121 Å². The summed E-state index contributed by atoms with van der Waals surface area (Å²) in [6.45, 7) is 0.956. The molecule has 34 heavy (non-hydrogen) atoms. The Balaban J connectivity index is 1.48. The first-order valence-electron chi connectivity index (χ1n) is 10.4. The summed E-state index contributed by atoms with van der Waals surface area (Å²) >= 11 is 0. The van der Waals surface area contributed by atoms with Gasteiger partial charge in [0.2, 0.25) is 17.7 Å². The van der Waals surface area contributed by atoms with Gasteiger partial charge in [-0.1, -0.05) is 18.2 Å². The molecular formula is C24H22FN5O4. The van der Waals surface area contributed by atoms with E-state index in [0.717, 1.165) is 11.0 Å². The highest BCUT2D eigenvalue weighted by atomic mass is 19.1. The first-order valence-corrected chi connectivity index (χ1v) is 10.4. The van der Waals surface area contributed by atoms with Crippen molar-refractivity contribution in [3.8, 4) is 11.6 Å². The molecule has 2 amide bonds. The lowest BCUT2D eigenvalue weighted by molar-refractivity contribution is -0.115. The molecule has 0 unspecified atom stereocenters. The Kier molecular flexibility index (Phi) is 6.79. The van der Waals surface area contributed by atoms with E-state index in [9.17, 15) is 14.0 Å². The zero-order valence-corrected chi connectivity index (χ0v) is 18.3. The zero-order valence-electron chi connectivity index (χ0n) is 18.3. The van der Waals surface area contributed by atoms with E-state index < -0.39 is 11.7 Å². The molecule has 4 rings (SSSR count). The Morgan fingerprint density at radius 3 is 2.74 bits per heavy atom. The van der Waals surface area contributed by atoms with Gasteiger partial charge in [-0.3, -0.25) is 14.9 Å². The Labute approximate surface area is 194 Å². The van der Waals surface area contributed by atoms with Crippen LogP contribution in [-0.2, 0) is 22.5 Å². The van der Waals surface area contributed by atoms with Crippen molar-refractivity contribution < 1.29 is 23.5 Å². The minimum atomic E-state index is -0.742. The van der Waals surface area contributed by atoms with E-state index in [1.165, 1.54) is 30.5 Å². The largest absolute Gasteiger partial charge is 0.435 e. The highest BCUT2D eigenvalue weighted by molar-refractivity contribution is 5.95. The standard InChI is InChI=1S/C24H22FN5O4/c1-33-12-11-30-19-7-3-2-6-18(19)28-24(30)29-21(31)14-15-8-9-20(17(25)13-15)34-23-16(22(26)32)5-4-10-27-23/h2-10,13H,11-12,14H2,1H3,(H2,26,32)(H,28,29,31). The van der Waals surface area contributed by atoms with Gasteiger partial charge < -0.3 is 19.8 Å². The van der Waals surface area contributed by atoms with Gasteiger partial charge in [-0.05, 0) is 42.0 Å². The molecule has 9 nitrogen and oxygen atoms in total. The molecule has 0 aliphatic rings. The van der Waals surface area contributed by atoms with Gasteiger partial charge in [0.25, 0.3) is 5.91 Å². The van der Waals surface area contributed by atoms with Crippen molar-refractivity contribution in [3.63, 3.8) is 0 Å². The number of nitrogens with zero attached hydrogens (tertiary/aromatic N) is 3. The second-order valence-electron chi connectivity index (χ2n) is 7.38. The molecular weight excluding hydrogens is 441 g/mol. The molecule has 3 N–H and O–H groups in total. The fraction of sp³-hybridized carbons (Fsp3) is 0.167. The minimum Gasteiger partial charge on any atom is -0.435 e. The summed E-state index contributed by atoms with van der Waals surface area (Å²) in [4.78, 5) is 32.6. The van der Waals surface area contributed by atoms with Crippen LogP contribution in [0.2, 0.25) is 0 Å². The monoisotopic (exact) mass is 463 g/mol. The third kappa shape index (κ3) is 5.02. The van der Waals surface area contributed by atoms with Gasteiger partial charge in [0.05, 0.1) is 24.1 Å². The molecule has 0 spiro atoms. The minimum absolute atomic E-state index is 0.0294. The summed E-state index contributed by atoms with van der Waals surface area (Å²) in [5.74, 6) is -1.67. The Morgan fingerprint density at radius 2 is 1.97 bits per heavy atom. The average molecular weight is 463 g/mol. The summed E-state index contributed by atoms with van der Waals surface area (Å²) in [6, 6.07) is 14.6. The van der Waals surface area contributed by atoms with Crippen molar-refractivity contribution in [2.75, 3.05) is 19.0 Å². The number of fused-ring (bicyclic) bond motifs is 1. The normalized spacial score (nSPS) is 10.9.